The number of fused-ring (bicyclic) bond motifs is 1. The zero-order chi connectivity index (χ0) is 10.8. The molecule has 6 nitrogen and oxygen atoms in total. The first-order chi connectivity index (χ1) is 7.24. The molecule has 1 aromatic heterocycles. The molecule has 1 aromatic rings. The van der Waals surface area contributed by atoms with Gasteiger partial charge in [-0.3, -0.25) is 9.55 Å². The Morgan fingerprint density at radius 2 is 2.33 bits per heavy atom. The van der Waals surface area contributed by atoms with Gasteiger partial charge < -0.3 is 9.47 Å². The van der Waals surface area contributed by atoms with E-state index in [1.165, 1.54) is 11.7 Å². The number of aromatic nitrogens is 2. The smallest absolute Gasteiger partial charge is 0.356 e. The molecule has 0 unspecified atom stereocenters. The molecule has 0 fully saturated rings. The van der Waals surface area contributed by atoms with Crippen molar-refractivity contribution in [2.45, 2.75) is 13.0 Å². The van der Waals surface area contributed by atoms with Gasteiger partial charge in [-0.2, -0.15) is 0 Å². The standard InChI is InChI=1S/C9H12N2O4/c1-14-8(12)7-6-2-4-15-5-3-11(6)9(13)10-7/h2-5H2,1H3,(H,10,13). The molecule has 0 saturated heterocycles. The lowest BCUT2D eigenvalue weighted by Crippen LogP contribution is -2.19. The van der Waals surface area contributed by atoms with E-state index in [2.05, 4.69) is 9.72 Å². The van der Waals surface area contributed by atoms with Gasteiger partial charge in [0, 0.05) is 6.42 Å². The molecule has 1 aliphatic heterocycles. The van der Waals surface area contributed by atoms with Crippen molar-refractivity contribution in [3.05, 3.63) is 21.9 Å². The number of aromatic amines is 1. The van der Waals surface area contributed by atoms with Crippen LogP contribution in [0.1, 0.15) is 16.2 Å². The molecular weight excluding hydrogens is 200 g/mol. The van der Waals surface area contributed by atoms with Crippen molar-refractivity contribution < 1.29 is 14.3 Å². The number of H-pyrrole nitrogens is 1. The Labute approximate surface area is 85.8 Å². The Morgan fingerprint density at radius 1 is 1.53 bits per heavy atom. The van der Waals surface area contributed by atoms with Gasteiger partial charge in [-0.05, 0) is 0 Å². The zero-order valence-electron chi connectivity index (χ0n) is 8.41. The Bertz CT molecular complexity index is 432. The van der Waals surface area contributed by atoms with Gasteiger partial charge in [0.15, 0.2) is 0 Å². The SMILES string of the molecule is COC(=O)c1[nH]c(=O)n2c1CCOCC2. The van der Waals surface area contributed by atoms with Crippen molar-refractivity contribution in [3.63, 3.8) is 0 Å². The minimum absolute atomic E-state index is 0.244. The molecule has 1 aliphatic rings. The fourth-order valence-electron chi connectivity index (χ4n) is 1.70. The van der Waals surface area contributed by atoms with Crippen molar-refractivity contribution in [2.75, 3.05) is 20.3 Å². The lowest BCUT2D eigenvalue weighted by molar-refractivity contribution is 0.0592. The molecule has 6 heteroatoms. The van der Waals surface area contributed by atoms with Gasteiger partial charge in [-0.15, -0.1) is 0 Å². The molecule has 15 heavy (non-hydrogen) atoms. The van der Waals surface area contributed by atoms with Crippen molar-refractivity contribution in [1.29, 1.82) is 0 Å². The van der Waals surface area contributed by atoms with E-state index in [9.17, 15) is 9.59 Å². The number of carbonyl (C=O) groups excluding carboxylic acids is 1. The van der Waals surface area contributed by atoms with Crippen LogP contribution in [0, 0.1) is 0 Å². The van der Waals surface area contributed by atoms with E-state index in [1.807, 2.05) is 0 Å². The molecule has 0 radical (unpaired) electrons. The first-order valence-corrected chi connectivity index (χ1v) is 4.71. The van der Waals surface area contributed by atoms with Crippen LogP contribution in [-0.4, -0.2) is 35.8 Å². The molecule has 0 atom stereocenters. The summed E-state index contributed by atoms with van der Waals surface area (Å²) >= 11 is 0. The summed E-state index contributed by atoms with van der Waals surface area (Å²) in [7, 11) is 1.29. The van der Waals surface area contributed by atoms with Crippen LogP contribution in [0.4, 0.5) is 0 Å². The van der Waals surface area contributed by atoms with Crippen LogP contribution in [-0.2, 0) is 22.4 Å². The van der Waals surface area contributed by atoms with Crippen molar-refractivity contribution in [2.24, 2.45) is 0 Å². The molecule has 0 spiro atoms. The predicted molar refractivity (Wildman–Crippen MR) is 50.9 cm³/mol. The molecule has 2 rings (SSSR count). The van der Waals surface area contributed by atoms with E-state index in [1.54, 1.807) is 0 Å². The number of methoxy groups -OCH3 is 1. The number of ether oxygens (including phenoxy) is 2. The molecule has 0 amide bonds. The fourth-order valence-corrected chi connectivity index (χ4v) is 1.70. The number of esters is 1. The van der Waals surface area contributed by atoms with Crippen LogP contribution in [0.2, 0.25) is 0 Å². The highest BCUT2D eigenvalue weighted by molar-refractivity contribution is 5.88. The second kappa shape index (κ2) is 3.90. The number of nitrogens with zero attached hydrogens (tertiary/aromatic N) is 1. The summed E-state index contributed by atoms with van der Waals surface area (Å²) in [6.45, 7) is 1.48. The minimum Gasteiger partial charge on any atom is -0.464 e. The highest BCUT2D eigenvalue weighted by Gasteiger charge is 2.21. The number of rotatable bonds is 1. The van der Waals surface area contributed by atoms with E-state index >= 15 is 0 Å². The maximum absolute atomic E-state index is 11.5. The monoisotopic (exact) mass is 212 g/mol. The first kappa shape index (κ1) is 9.97. The first-order valence-electron chi connectivity index (χ1n) is 4.71. The zero-order valence-corrected chi connectivity index (χ0v) is 8.41. The molecular formula is C9H12N2O4. The number of imidazole rings is 1. The van der Waals surface area contributed by atoms with E-state index in [0.717, 1.165) is 0 Å². The van der Waals surface area contributed by atoms with E-state index in [4.69, 9.17) is 4.74 Å². The fraction of sp³-hybridized carbons (Fsp3) is 0.556. The van der Waals surface area contributed by atoms with Crippen LogP contribution in [0.15, 0.2) is 4.79 Å². The minimum atomic E-state index is -0.511. The normalized spacial score (nSPS) is 15.5. The maximum Gasteiger partial charge on any atom is 0.356 e. The molecule has 2 heterocycles. The van der Waals surface area contributed by atoms with E-state index < -0.39 is 5.97 Å². The third kappa shape index (κ3) is 1.68. The molecule has 0 aromatic carbocycles. The Balaban J connectivity index is 2.49. The van der Waals surface area contributed by atoms with Gasteiger partial charge >= 0.3 is 11.7 Å². The summed E-state index contributed by atoms with van der Waals surface area (Å²) in [4.78, 5) is 25.4. The lowest BCUT2D eigenvalue weighted by Gasteiger charge is -2.01. The molecule has 1 N–H and O–H groups in total. The Morgan fingerprint density at radius 3 is 3.07 bits per heavy atom. The van der Waals surface area contributed by atoms with Gasteiger partial charge in [-0.25, -0.2) is 9.59 Å². The topological polar surface area (TPSA) is 73.3 Å². The largest absolute Gasteiger partial charge is 0.464 e. The third-order valence-electron chi connectivity index (χ3n) is 2.42. The molecule has 0 saturated carbocycles. The van der Waals surface area contributed by atoms with Gasteiger partial charge in [0.2, 0.25) is 0 Å². The predicted octanol–water partition coefficient (Wildman–Crippen LogP) is -0.464. The summed E-state index contributed by atoms with van der Waals surface area (Å²) in [6, 6.07) is 0. The summed E-state index contributed by atoms with van der Waals surface area (Å²) in [5.41, 5.74) is 0.633. The Kier molecular flexibility index (Phi) is 2.59. The summed E-state index contributed by atoms with van der Waals surface area (Å²) < 4.78 is 11.4. The van der Waals surface area contributed by atoms with Crippen LogP contribution in [0.5, 0.6) is 0 Å². The molecule has 0 bridgehead atoms. The van der Waals surface area contributed by atoms with Crippen molar-refractivity contribution in [1.82, 2.24) is 9.55 Å². The maximum atomic E-state index is 11.5. The Hall–Kier alpha value is -1.56. The van der Waals surface area contributed by atoms with Gasteiger partial charge in [0.05, 0.1) is 32.6 Å². The van der Waals surface area contributed by atoms with Gasteiger partial charge in [0.25, 0.3) is 0 Å². The van der Waals surface area contributed by atoms with Gasteiger partial charge in [0.1, 0.15) is 5.69 Å². The summed E-state index contributed by atoms with van der Waals surface area (Å²) in [5, 5.41) is 0. The summed E-state index contributed by atoms with van der Waals surface area (Å²) in [6.07, 6.45) is 0.545. The molecule has 82 valence electrons. The average molecular weight is 212 g/mol. The second-order valence-corrected chi connectivity index (χ2v) is 3.26. The van der Waals surface area contributed by atoms with Crippen LogP contribution >= 0.6 is 0 Å². The van der Waals surface area contributed by atoms with Crippen molar-refractivity contribution in [3.8, 4) is 0 Å². The van der Waals surface area contributed by atoms with Crippen molar-refractivity contribution >= 4 is 5.97 Å². The lowest BCUT2D eigenvalue weighted by atomic mass is 10.2. The third-order valence-corrected chi connectivity index (χ3v) is 2.42. The quantitative estimate of drug-likeness (QED) is 0.639. The highest BCUT2D eigenvalue weighted by atomic mass is 16.5. The number of carbonyl (C=O) groups is 1. The average Bonchev–Trinajstić information content (AvgIpc) is 2.45. The second-order valence-electron chi connectivity index (χ2n) is 3.26. The van der Waals surface area contributed by atoms with E-state index in [-0.39, 0.29) is 11.4 Å². The molecule has 0 aliphatic carbocycles. The van der Waals surface area contributed by atoms with E-state index in [0.29, 0.717) is 31.9 Å². The number of nitrogens with one attached hydrogen (secondary N) is 1. The summed E-state index contributed by atoms with van der Waals surface area (Å²) in [5.74, 6) is -0.511. The van der Waals surface area contributed by atoms with Crippen LogP contribution in [0.3, 0.4) is 0 Å². The van der Waals surface area contributed by atoms with Gasteiger partial charge in [-0.1, -0.05) is 0 Å². The van der Waals surface area contributed by atoms with Crippen LogP contribution < -0.4 is 5.69 Å². The highest BCUT2D eigenvalue weighted by Crippen LogP contribution is 2.09. The van der Waals surface area contributed by atoms with Crippen LogP contribution in [0.25, 0.3) is 0 Å². The number of hydrogen-bond donors (Lipinski definition) is 1. The number of hydrogen-bond acceptors (Lipinski definition) is 4.